The number of fused-ring (bicyclic) bond motifs is 2. The van der Waals surface area contributed by atoms with E-state index in [-0.39, 0.29) is 11.9 Å². The quantitative estimate of drug-likeness (QED) is 0.450. The average molecular weight is 463 g/mol. The standard InChI is InChI=1S/C24H23ClN6O2/c1-4-21(32)31-9-8-30(12-14(31)2)24-16-6-5-7-20(22(16)26-13-27-24)33-23-15(3)18(25)10-19-17(23)11-28-29-19/h4-7,10-11,13-14H,1,8-9,12H2,2-3H3,(H,28,29). The lowest BCUT2D eigenvalue weighted by atomic mass is 10.1. The molecule has 1 saturated heterocycles. The minimum atomic E-state index is -0.0483. The second-order valence-electron chi connectivity index (χ2n) is 8.13. The van der Waals surface area contributed by atoms with Crippen molar-refractivity contribution < 1.29 is 9.53 Å². The number of hydrogen-bond donors (Lipinski definition) is 1. The molecule has 1 aliphatic heterocycles. The number of aromatic nitrogens is 4. The molecule has 1 unspecified atom stereocenters. The van der Waals surface area contributed by atoms with Gasteiger partial charge in [0.05, 0.1) is 17.1 Å². The molecule has 0 bridgehead atoms. The first-order valence-corrected chi connectivity index (χ1v) is 11.1. The van der Waals surface area contributed by atoms with Crippen LogP contribution in [0.1, 0.15) is 12.5 Å². The van der Waals surface area contributed by atoms with Gasteiger partial charge >= 0.3 is 0 Å². The van der Waals surface area contributed by atoms with E-state index in [1.54, 1.807) is 12.5 Å². The summed E-state index contributed by atoms with van der Waals surface area (Å²) in [6.07, 6.45) is 4.64. The van der Waals surface area contributed by atoms with Gasteiger partial charge in [0.25, 0.3) is 0 Å². The number of piperazine rings is 1. The highest BCUT2D eigenvalue weighted by molar-refractivity contribution is 6.32. The second kappa shape index (κ2) is 8.37. The van der Waals surface area contributed by atoms with Crippen LogP contribution in [0.3, 0.4) is 0 Å². The van der Waals surface area contributed by atoms with Crippen LogP contribution in [0.15, 0.2) is 49.4 Å². The van der Waals surface area contributed by atoms with Gasteiger partial charge in [-0.2, -0.15) is 5.10 Å². The molecule has 1 amide bonds. The molecule has 0 spiro atoms. The van der Waals surface area contributed by atoms with E-state index in [0.29, 0.717) is 41.7 Å². The molecular weight excluding hydrogens is 440 g/mol. The first-order valence-electron chi connectivity index (χ1n) is 10.7. The molecule has 33 heavy (non-hydrogen) atoms. The fraction of sp³-hybridized carbons (Fsp3) is 0.250. The number of hydrogen-bond acceptors (Lipinski definition) is 6. The van der Waals surface area contributed by atoms with Crippen LogP contribution in [0.4, 0.5) is 5.82 Å². The maximum atomic E-state index is 12.1. The number of carbonyl (C=O) groups excluding carboxylic acids is 1. The van der Waals surface area contributed by atoms with Crippen molar-refractivity contribution in [2.75, 3.05) is 24.5 Å². The largest absolute Gasteiger partial charge is 0.454 e. The number of benzene rings is 2. The molecule has 5 rings (SSSR count). The summed E-state index contributed by atoms with van der Waals surface area (Å²) in [6, 6.07) is 7.68. The maximum absolute atomic E-state index is 12.1. The van der Waals surface area contributed by atoms with Crippen molar-refractivity contribution in [1.82, 2.24) is 25.1 Å². The van der Waals surface area contributed by atoms with Gasteiger partial charge in [-0.1, -0.05) is 24.2 Å². The number of H-pyrrole nitrogens is 1. The van der Waals surface area contributed by atoms with Crippen LogP contribution in [0.25, 0.3) is 21.8 Å². The number of nitrogens with zero attached hydrogens (tertiary/aromatic N) is 5. The van der Waals surface area contributed by atoms with Crippen LogP contribution in [0.5, 0.6) is 11.5 Å². The van der Waals surface area contributed by atoms with Gasteiger partial charge in [-0.15, -0.1) is 0 Å². The minimum absolute atomic E-state index is 0.0391. The monoisotopic (exact) mass is 462 g/mol. The fourth-order valence-electron chi connectivity index (χ4n) is 4.35. The first kappa shape index (κ1) is 21.2. The molecule has 2 aromatic carbocycles. The number of para-hydroxylation sites is 1. The number of nitrogens with one attached hydrogen (secondary N) is 1. The number of rotatable bonds is 4. The third-order valence-electron chi connectivity index (χ3n) is 6.09. The number of aromatic amines is 1. The summed E-state index contributed by atoms with van der Waals surface area (Å²) < 4.78 is 6.38. The van der Waals surface area contributed by atoms with Crippen molar-refractivity contribution in [3.8, 4) is 11.5 Å². The SMILES string of the molecule is C=CC(=O)N1CCN(c2ncnc3c(Oc4c(C)c(Cl)cc5[nH]ncc45)cccc23)CC1C. The molecule has 2 aromatic heterocycles. The number of carbonyl (C=O) groups is 1. The Balaban J connectivity index is 1.53. The van der Waals surface area contributed by atoms with Crippen molar-refractivity contribution in [2.45, 2.75) is 19.9 Å². The zero-order valence-corrected chi connectivity index (χ0v) is 19.1. The lowest BCUT2D eigenvalue weighted by Crippen LogP contribution is -2.54. The summed E-state index contributed by atoms with van der Waals surface area (Å²) >= 11 is 6.42. The zero-order chi connectivity index (χ0) is 23.1. The third-order valence-corrected chi connectivity index (χ3v) is 6.48. The molecule has 168 valence electrons. The normalized spacial score (nSPS) is 16.4. The lowest BCUT2D eigenvalue weighted by Gasteiger charge is -2.40. The first-order chi connectivity index (χ1) is 16.0. The molecule has 1 N–H and O–H groups in total. The van der Waals surface area contributed by atoms with Crippen LogP contribution in [0.2, 0.25) is 5.02 Å². The number of amides is 1. The summed E-state index contributed by atoms with van der Waals surface area (Å²) in [6.45, 7) is 9.50. The molecule has 3 heterocycles. The molecule has 4 aromatic rings. The van der Waals surface area contributed by atoms with Gasteiger partial charge in [0, 0.05) is 41.6 Å². The summed E-state index contributed by atoms with van der Waals surface area (Å²) in [5, 5.41) is 9.39. The van der Waals surface area contributed by atoms with E-state index in [9.17, 15) is 4.79 Å². The topological polar surface area (TPSA) is 87.2 Å². The van der Waals surface area contributed by atoms with Gasteiger partial charge < -0.3 is 14.5 Å². The van der Waals surface area contributed by atoms with Crippen LogP contribution in [-0.4, -0.2) is 56.6 Å². The van der Waals surface area contributed by atoms with Crippen LogP contribution < -0.4 is 9.64 Å². The molecule has 1 atom stereocenters. The van der Waals surface area contributed by atoms with E-state index >= 15 is 0 Å². The summed E-state index contributed by atoms with van der Waals surface area (Å²) in [7, 11) is 0. The van der Waals surface area contributed by atoms with Crippen molar-refractivity contribution in [3.05, 3.63) is 60.0 Å². The highest BCUT2D eigenvalue weighted by Gasteiger charge is 2.28. The van der Waals surface area contributed by atoms with E-state index in [4.69, 9.17) is 16.3 Å². The highest BCUT2D eigenvalue weighted by Crippen LogP contribution is 2.39. The van der Waals surface area contributed by atoms with E-state index < -0.39 is 0 Å². The van der Waals surface area contributed by atoms with Crippen molar-refractivity contribution >= 4 is 45.1 Å². The number of ether oxygens (including phenoxy) is 1. The molecule has 1 aliphatic rings. The second-order valence-corrected chi connectivity index (χ2v) is 8.53. The Hall–Kier alpha value is -3.65. The Kier molecular flexibility index (Phi) is 5.38. The van der Waals surface area contributed by atoms with Crippen molar-refractivity contribution in [1.29, 1.82) is 0 Å². The van der Waals surface area contributed by atoms with E-state index in [1.165, 1.54) is 6.08 Å². The van der Waals surface area contributed by atoms with Gasteiger partial charge in [0.1, 0.15) is 23.4 Å². The van der Waals surface area contributed by atoms with Gasteiger partial charge in [-0.3, -0.25) is 9.89 Å². The lowest BCUT2D eigenvalue weighted by molar-refractivity contribution is -0.128. The molecular formula is C24H23ClN6O2. The predicted octanol–water partition coefficient (Wildman–Crippen LogP) is 4.48. The van der Waals surface area contributed by atoms with Crippen molar-refractivity contribution in [2.24, 2.45) is 0 Å². The molecule has 0 aliphatic carbocycles. The predicted molar refractivity (Wildman–Crippen MR) is 129 cm³/mol. The van der Waals surface area contributed by atoms with Gasteiger partial charge in [0.15, 0.2) is 5.75 Å². The molecule has 8 nitrogen and oxygen atoms in total. The Labute approximate surface area is 195 Å². The Morgan fingerprint density at radius 1 is 1.30 bits per heavy atom. The minimum Gasteiger partial charge on any atom is -0.454 e. The van der Waals surface area contributed by atoms with Gasteiger partial charge in [-0.05, 0) is 38.1 Å². The molecule has 0 radical (unpaired) electrons. The average Bonchev–Trinajstić information content (AvgIpc) is 3.29. The smallest absolute Gasteiger partial charge is 0.246 e. The summed E-state index contributed by atoms with van der Waals surface area (Å²) in [4.78, 5) is 25.2. The van der Waals surface area contributed by atoms with Crippen molar-refractivity contribution in [3.63, 3.8) is 0 Å². The fourth-order valence-corrected chi connectivity index (χ4v) is 4.54. The van der Waals surface area contributed by atoms with Gasteiger partial charge in [0.2, 0.25) is 5.91 Å². The molecule has 9 heteroatoms. The Bertz CT molecular complexity index is 1380. The van der Waals surface area contributed by atoms with Crippen LogP contribution in [0, 0.1) is 6.92 Å². The molecule has 1 fully saturated rings. The maximum Gasteiger partial charge on any atom is 0.246 e. The highest BCUT2D eigenvalue weighted by atomic mass is 35.5. The molecule has 0 saturated carbocycles. The van der Waals surface area contributed by atoms with E-state index in [2.05, 4.69) is 31.6 Å². The summed E-state index contributed by atoms with van der Waals surface area (Å²) in [5.41, 5.74) is 2.33. The number of halogens is 1. The van der Waals surface area contributed by atoms with Crippen LogP contribution in [-0.2, 0) is 4.79 Å². The Morgan fingerprint density at radius 3 is 2.94 bits per heavy atom. The summed E-state index contributed by atoms with van der Waals surface area (Å²) in [5.74, 6) is 2.02. The zero-order valence-electron chi connectivity index (χ0n) is 18.4. The van der Waals surface area contributed by atoms with Gasteiger partial charge in [-0.25, -0.2) is 9.97 Å². The Morgan fingerprint density at radius 2 is 2.15 bits per heavy atom. The number of anilines is 1. The van der Waals surface area contributed by atoms with E-state index in [0.717, 1.165) is 27.7 Å². The van der Waals surface area contributed by atoms with Crippen LogP contribution >= 0.6 is 11.6 Å². The third kappa shape index (κ3) is 3.66. The van der Waals surface area contributed by atoms with E-state index in [1.807, 2.05) is 43.0 Å².